The van der Waals surface area contributed by atoms with Crippen molar-refractivity contribution in [2.24, 2.45) is 5.10 Å². The molecule has 6 nitrogen and oxygen atoms in total. The van der Waals surface area contributed by atoms with Crippen LogP contribution in [0.25, 0.3) is 0 Å². The molecule has 2 N–H and O–H groups in total. The third kappa shape index (κ3) is 6.52. The van der Waals surface area contributed by atoms with Crippen molar-refractivity contribution in [3.8, 4) is 5.75 Å². The van der Waals surface area contributed by atoms with Crippen molar-refractivity contribution >= 4 is 58.6 Å². The lowest BCUT2D eigenvalue weighted by Crippen LogP contribution is -2.19. The van der Waals surface area contributed by atoms with Gasteiger partial charge in [-0.05, 0) is 41.5 Å². The van der Waals surface area contributed by atoms with Crippen molar-refractivity contribution in [3.63, 3.8) is 0 Å². The first-order chi connectivity index (χ1) is 13.6. The van der Waals surface area contributed by atoms with Gasteiger partial charge in [0, 0.05) is 10.8 Å². The van der Waals surface area contributed by atoms with E-state index in [4.69, 9.17) is 11.6 Å². The van der Waals surface area contributed by atoms with Gasteiger partial charge in [0.2, 0.25) is 0 Å². The number of nitrogens with zero attached hydrogens (tertiary/aromatic N) is 3. The van der Waals surface area contributed by atoms with Crippen molar-refractivity contribution in [1.82, 2.24) is 15.6 Å². The number of amides is 1. The molecule has 144 valence electrons. The van der Waals surface area contributed by atoms with Gasteiger partial charge in [-0.3, -0.25) is 4.79 Å². The Hall–Kier alpha value is -2.07. The second-order valence-electron chi connectivity index (χ2n) is 5.39. The number of rotatable bonds is 8. The molecule has 0 spiro atoms. The summed E-state index contributed by atoms with van der Waals surface area (Å²) in [5.41, 5.74) is 4.28. The summed E-state index contributed by atoms with van der Waals surface area (Å²) in [5.74, 6) is 0.849. The molecule has 1 aromatic heterocycles. The summed E-state index contributed by atoms with van der Waals surface area (Å²) < 4.78 is 1.55. The quantitative estimate of drug-likeness (QED) is 0.300. The lowest BCUT2D eigenvalue weighted by Gasteiger charge is -2.00. The van der Waals surface area contributed by atoms with E-state index in [1.54, 1.807) is 36.0 Å². The number of hydrazone groups is 1. The van der Waals surface area contributed by atoms with Crippen molar-refractivity contribution in [2.45, 2.75) is 14.4 Å². The molecule has 0 radical (unpaired) electrons. The number of hydrogen-bond donors (Lipinski definition) is 2. The molecule has 0 saturated carbocycles. The molecule has 3 rings (SSSR count). The van der Waals surface area contributed by atoms with Crippen molar-refractivity contribution < 1.29 is 9.90 Å². The molecule has 3 aromatic rings. The predicted molar refractivity (Wildman–Crippen MR) is 115 cm³/mol. The van der Waals surface area contributed by atoms with Crippen LogP contribution in [0.4, 0.5) is 0 Å². The summed E-state index contributed by atoms with van der Waals surface area (Å²) in [6.07, 6.45) is 1.51. The number of hydrogen-bond acceptors (Lipinski definition) is 8. The van der Waals surface area contributed by atoms with Crippen LogP contribution in [-0.4, -0.2) is 33.2 Å². The predicted octanol–water partition coefficient (Wildman–Crippen LogP) is 4.43. The summed E-state index contributed by atoms with van der Waals surface area (Å²) in [6.45, 7) is 0. The van der Waals surface area contributed by atoms with Crippen molar-refractivity contribution in [2.75, 3.05) is 5.75 Å². The van der Waals surface area contributed by atoms with E-state index in [-0.39, 0.29) is 17.4 Å². The minimum Gasteiger partial charge on any atom is -0.508 e. The van der Waals surface area contributed by atoms with Crippen molar-refractivity contribution in [3.05, 3.63) is 64.7 Å². The van der Waals surface area contributed by atoms with Gasteiger partial charge in [0.1, 0.15) is 5.75 Å². The molecule has 1 amide bonds. The smallest absolute Gasteiger partial charge is 0.250 e. The highest BCUT2D eigenvalue weighted by atomic mass is 35.5. The number of phenols is 1. The summed E-state index contributed by atoms with van der Waals surface area (Å²) >= 11 is 10.5. The minimum atomic E-state index is -0.236. The van der Waals surface area contributed by atoms with Gasteiger partial charge >= 0.3 is 0 Å². The van der Waals surface area contributed by atoms with Gasteiger partial charge in [0.05, 0.1) is 12.0 Å². The molecule has 0 saturated heterocycles. The highest BCUT2D eigenvalue weighted by Gasteiger charge is 2.09. The van der Waals surface area contributed by atoms with E-state index >= 15 is 0 Å². The Labute approximate surface area is 179 Å². The van der Waals surface area contributed by atoms with E-state index in [1.165, 1.54) is 29.3 Å². The first-order valence-corrected chi connectivity index (χ1v) is 11.2. The van der Waals surface area contributed by atoms with Gasteiger partial charge < -0.3 is 5.11 Å². The second kappa shape index (κ2) is 10.5. The zero-order valence-corrected chi connectivity index (χ0v) is 17.6. The zero-order chi connectivity index (χ0) is 19.8. The van der Waals surface area contributed by atoms with Crippen LogP contribution in [0.3, 0.4) is 0 Å². The summed E-state index contributed by atoms with van der Waals surface area (Å²) in [7, 11) is 0. The monoisotopic (exact) mass is 450 g/mol. The maximum absolute atomic E-state index is 11.9. The Kier molecular flexibility index (Phi) is 7.72. The van der Waals surface area contributed by atoms with E-state index in [0.717, 1.165) is 24.8 Å². The lowest BCUT2D eigenvalue weighted by atomic mass is 10.2. The Balaban J connectivity index is 1.41. The van der Waals surface area contributed by atoms with Gasteiger partial charge in [-0.1, -0.05) is 64.7 Å². The average Bonchev–Trinajstić information content (AvgIpc) is 3.15. The fourth-order valence-electron chi connectivity index (χ4n) is 1.97. The third-order valence-corrected chi connectivity index (χ3v) is 6.93. The van der Waals surface area contributed by atoms with Crippen LogP contribution < -0.4 is 5.43 Å². The van der Waals surface area contributed by atoms with E-state index in [1.807, 2.05) is 24.3 Å². The second-order valence-corrected chi connectivity index (χ2v) is 9.22. The van der Waals surface area contributed by atoms with Gasteiger partial charge in [0.25, 0.3) is 5.91 Å². The topological polar surface area (TPSA) is 87.5 Å². The molecule has 0 fully saturated rings. The molecular weight excluding hydrogens is 436 g/mol. The molecule has 0 unspecified atom stereocenters. The Morgan fingerprint density at radius 3 is 2.61 bits per heavy atom. The molecule has 28 heavy (non-hydrogen) atoms. The number of nitrogens with one attached hydrogen (secondary N) is 1. The van der Waals surface area contributed by atoms with Crippen LogP contribution in [0.15, 0.2) is 62.3 Å². The highest BCUT2D eigenvalue weighted by Crippen LogP contribution is 2.32. The number of aromatic hydroxyl groups is 1. The SMILES string of the molecule is O=C(CSc1nnc(SCc2ccccc2Cl)s1)NN=Cc1ccc(O)cc1. The molecule has 1 heterocycles. The molecule has 2 aromatic carbocycles. The summed E-state index contributed by atoms with van der Waals surface area (Å²) in [6, 6.07) is 14.2. The van der Waals surface area contributed by atoms with Gasteiger partial charge in [-0.2, -0.15) is 5.10 Å². The number of halogens is 1. The van der Waals surface area contributed by atoms with Crippen LogP contribution in [0.2, 0.25) is 5.02 Å². The molecule has 0 aliphatic heterocycles. The molecular formula is C18H15ClN4O2S3. The standard InChI is InChI=1S/C18H15ClN4O2S3/c19-15-4-2-1-3-13(15)10-26-17-22-23-18(28-17)27-11-16(25)21-20-9-12-5-7-14(24)8-6-12/h1-9,24H,10-11H2,(H,21,25). The minimum absolute atomic E-state index is 0.180. The Bertz CT molecular complexity index is 963. The van der Waals surface area contributed by atoms with E-state index < -0.39 is 0 Å². The molecule has 0 atom stereocenters. The third-order valence-electron chi connectivity index (χ3n) is 3.32. The normalized spacial score (nSPS) is 11.0. The zero-order valence-electron chi connectivity index (χ0n) is 14.4. The average molecular weight is 451 g/mol. The maximum Gasteiger partial charge on any atom is 0.250 e. The van der Waals surface area contributed by atoms with Crippen molar-refractivity contribution in [1.29, 1.82) is 0 Å². The molecule has 0 aliphatic rings. The highest BCUT2D eigenvalue weighted by molar-refractivity contribution is 8.03. The van der Waals surface area contributed by atoms with Crippen LogP contribution in [-0.2, 0) is 10.5 Å². The number of benzene rings is 2. The van der Waals surface area contributed by atoms with Crippen LogP contribution in [0.1, 0.15) is 11.1 Å². The molecule has 10 heteroatoms. The number of phenolic OH excluding ortho intramolecular Hbond substituents is 1. The Morgan fingerprint density at radius 1 is 1.14 bits per heavy atom. The fourth-order valence-corrected chi connectivity index (χ4v) is 5.07. The number of aromatic nitrogens is 2. The van der Waals surface area contributed by atoms with E-state index in [2.05, 4.69) is 20.7 Å². The van der Waals surface area contributed by atoms with Gasteiger partial charge in [-0.25, -0.2) is 5.43 Å². The first-order valence-electron chi connectivity index (χ1n) is 8.03. The summed E-state index contributed by atoms with van der Waals surface area (Å²) in [4.78, 5) is 11.9. The molecule has 0 bridgehead atoms. The number of thioether (sulfide) groups is 2. The molecule has 0 aliphatic carbocycles. The van der Waals surface area contributed by atoms with Gasteiger partial charge in [0.15, 0.2) is 8.68 Å². The van der Waals surface area contributed by atoms with Crippen LogP contribution in [0.5, 0.6) is 5.75 Å². The first kappa shape index (κ1) is 20.7. The van der Waals surface area contributed by atoms with Gasteiger partial charge in [-0.15, -0.1) is 10.2 Å². The van der Waals surface area contributed by atoms with Crippen LogP contribution in [0, 0.1) is 0 Å². The fraction of sp³-hybridized carbons (Fsp3) is 0.111. The lowest BCUT2D eigenvalue weighted by molar-refractivity contribution is -0.118. The largest absolute Gasteiger partial charge is 0.508 e. The van der Waals surface area contributed by atoms with E-state index in [9.17, 15) is 9.90 Å². The van der Waals surface area contributed by atoms with Crippen LogP contribution >= 0.6 is 46.5 Å². The Morgan fingerprint density at radius 2 is 1.86 bits per heavy atom. The van der Waals surface area contributed by atoms with E-state index in [0.29, 0.717) is 5.75 Å². The number of carbonyl (C=O) groups is 1. The number of carbonyl (C=O) groups excluding carboxylic acids is 1. The summed E-state index contributed by atoms with van der Waals surface area (Å²) in [5, 5.41) is 22.1. The maximum atomic E-state index is 11.9.